The van der Waals surface area contributed by atoms with E-state index in [9.17, 15) is 9.59 Å². The van der Waals surface area contributed by atoms with Crippen LogP contribution in [0.3, 0.4) is 0 Å². The SMILES string of the molecule is CCN(CC)CCN1C(=O)C(=O)c2ccc(OC)cc21. The largest absolute Gasteiger partial charge is 0.497 e. The average molecular weight is 276 g/mol. The molecule has 1 aromatic rings. The van der Waals surface area contributed by atoms with Gasteiger partial charge in [-0.25, -0.2) is 0 Å². The van der Waals surface area contributed by atoms with Crippen molar-refractivity contribution in [2.24, 2.45) is 0 Å². The number of carbonyl (C=O) groups is 2. The smallest absolute Gasteiger partial charge is 0.299 e. The predicted octanol–water partition coefficient (Wildman–Crippen LogP) is 1.57. The predicted molar refractivity (Wildman–Crippen MR) is 77.5 cm³/mol. The number of hydrogen-bond donors (Lipinski definition) is 0. The average Bonchev–Trinajstić information content (AvgIpc) is 2.72. The second kappa shape index (κ2) is 6.05. The second-order valence-electron chi connectivity index (χ2n) is 4.70. The summed E-state index contributed by atoms with van der Waals surface area (Å²) in [7, 11) is 1.57. The van der Waals surface area contributed by atoms with Gasteiger partial charge in [-0.15, -0.1) is 0 Å². The molecular weight excluding hydrogens is 256 g/mol. The van der Waals surface area contributed by atoms with E-state index in [2.05, 4.69) is 18.7 Å². The first-order valence-corrected chi connectivity index (χ1v) is 6.88. The van der Waals surface area contributed by atoms with Crippen LogP contribution in [0.4, 0.5) is 5.69 Å². The molecule has 0 bridgehead atoms. The van der Waals surface area contributed by atoms with Gasteiger partial charge in [-0.3, -0.25) is 9.59 Å². The first-order valence-electron chi connectivity index (χ1n) is 6.88. The van der Waals surface area contributed by atoms with E-state index in [0.717, 1.165) is 19.6 Å². The molecule has 0 N–H and O–H groups in total. The zero-order valence-corrected chi connectivity index (χ0v) is 12.2. The number of amides is 1. The summed E-state index contributed by atoms with van der Waals surface area (Å²) in [5.41, 5.74) is 1.13. The molecule has 1 aromatic carbocycles. The van der Waals surface area contributed by atoms with Gasteiger partial charge >= 0.3 is 0 Å². The molecule has 0 aliphatic carbocycles. The van der Waals surface area contributed by atoms with E-state index in [1.807, 2.05) is 0 Å². The Morgan fingerprint density at radius 3 is 2.50 bits per heavy atom. The lowest BCUT2D eigenvalue weighted by molar-refractivity contribution is -0.114. The van der Waals surface area contributed by atoms with Gasteiger partial charge < -0.3 is 14.5 Å². The third-order valence-corrected chi connectivity index (χ3v) is 3.71. The minimum Gasteiger partial charge on any atom is -0.497 e. The minimum absolute atomic E-state index is 0.429. The van der Waals surface area contributed by atoms with Gasteiger partial charge in [0.25, 0.3) is 11.7 Å². The van der Waals surface area contributed by atoms with E-state index in [0.29, 0.717) is 23.5 Å². The molecule has 5 heteroatoms. The topological polar surface area (TPSA) is 49.9 Å². The molecule has 1 heterocycles. The van der Waals surface area contributed by atoms with Crippen LogP contribution in [0.15, 0.2) is 18.2 Å². The number of fused-ring (bicyclic) bond motifs is 1. The van der Waals surface area contributed by atoms with Crippen LogP contribution in [0, 0.1) is 0 Å². The zero-order valence-electron chi connectivity index (χ0n) is 12.2. The van der Waals surface area contributed by atoms with Crippen LogP contribution in [0.5, 0.6) is 5.75 Å². The number of anilines is 1. The molecule has 1 aliphatic heterocycles. The number of benzene rings is 1. The lowest BCUT2D eigenvalue weighted by Gasteiger charge is -2.23. The van der Waals surface area contributed by atoms with Gasteiger partial charge in [0.1, 0.15) is 5.75 Å². The van der Waals surface area contributed by atoms with Crippen LogP contribution in [0.25, 0.3) is 0 Å². The molecule has 0 unspecified atom stereocenters. The fraction of sp³-hybridized carbons (Fsp3) is 0.467. The maximum Gasteiger partial charge on any atom is 0.299 e. The second-order valence-corrected chi connectivity index (χ2v) is 4.70. The van der Waals surface area contributed by atoms with Gasteiger partial charge in [-0.05, 0) is 25.2 Å². The Hall–Kier alpha value is -1.88. The monoisotopic (exact) mass is 276 g/mol. The summed E-state index contributed by atoms with van der Waals surface area (Å²) in [6, 6.07) is 5.12. The third kappa shape index (κ3) is 2.54. The van der Waals surface area contributed by atoms with Crippen LogP contribution >= 0.6 is 0 Å². The summed E-state index contributed by atoms with van der Waals surface area (Å²) in [4.78, 5) is 27.8. The number of Topliss-reactive ketones (excluding diaryl/α,β-unsaturated/α-hetero) is 1. The van der Waals surface area contributed by atoms with Crippen LogP contribution < -0.4 is 9.64 Å². The molecule has 0 fully saturated rings. The molecule has 0 saturated heterocycles. The maximum absolute atomic E-state index is 12.1. The Labute approximate surface area is 119 Å². The van der Waals surface area contributed by atoms with E-state index >= 15 is 0 Å². The van der Waals surface area contributed by atoms with Crippen LogP contribution in [-0.4, -0.2) is 49.9 Å². The van der Waals surface area contributed by atoms with Crippen molar-refractivity contribution in [1.29, 1.82) is 0 Å². The minimum atomic E-state index is -0.444. The normalized spacial score (nSPS) is 14.1. The highest BCUT2D eigenvalue weighted by Gasteiger charge is 2.35. The van der Waals surface area contributed by atoms with Crippen LogP contribution in [-0.2, 0) is 4.79 Å². The Balaban J connectivity index is 2.22. The summed E-state index contributed by atoms with van der Waals surface area (Å²) in [5.74, 6) is -0.221. The molecule has 108 valence electrons. The van der Waals surface area contributed by atoms with Crippen molar-refractivity contribution in [2.75, 3.05) is 38.2 Å². The van der Waals surface area contributed by atoms with Gasteiger partial charge in [0.05, 0.1) is 18.4 Å². The summed E-state index contributed by atoms with van der Waals surface area (Å²) < 4.78 is 5.17. The molecule has 0 spiro atoms. The molecule has 1 amide bonds. The van der Waals surface area contributed by atoms with Crippen LogP contribution in [0.2, 0.25) is 0 Å². The summed E-state index contributed by atoms with van der Waals surface area (Å²) in [5, 5.41) is 0. The van der Waals surface area contributed by atoms with E-state index in [1.165, 1.54) is 0 Å². The number of rotatable bonds is 6. The van der Waals surface area contributed by atoms with Crippen molar-refractivity contribution in [3.05, 3.63) is 23.8 Å². The molecule has 0 atom stereocenters. The van der Waals surface area contributed by atoms with Crippen molar-refractivity contribution in [3.8, 4) is 5.75 Å². The quantitative estimate of drug-likeness (QED) is 0.740. The van der Waals surface area contributed by atoms with Gasteiger partial charge in [0.15, 0.2) is 0 Å². The molecule has 20 heavy (non-hydrogen) atoms. The molecule has 1 aliphatic rings. The number of ketones is 1. The van der Waals surface area contributed by atoms with Crippen molar-refractivity contribution >= 4 is 17.4 Å². The molecule has 2 rings (SSSR count). The summed E-state index contributed by atoms with van der Waals surface area (Å²) in [6.07, 6.45) is 0. The highest BCUT2D eigenvalue weighted by molar-refractivity contribution is 6.52. The van der Waals surface area contributed by atoms with Crippen LogP contribution in [0.1, 0.15) is 24.2 Å². The Morgan fingerprint density at radius 1 is 1.20 bits per heavy atom. The van der Waals surface area contributed by atoms with E-state index < -0.39 is 11.7 Å². The fourth-order valence-electron chi connectivity index (χ4n) is 2.40. The Kier molecular flexibility index (Phi) is 4.39. The highest BCUT2D eigenvalue weighted by atomic mass is 16.5. The van der Waals surface area contributed by atoms with E-state index in [4.69, 9.17) is 4.74 Å². The summed E-state index contributed by atoms with van der Waals surface area (Å²) >= 11 is 0. The lowest BCUT2D eigenvalue weighted by atomic mass is 10.1. The first-order chi connectivity index (χ1) is 9.62. The Morgan fingerprint density at radius 2 is 1.90 bits per heavy atom. The van der Waals surface area contributed by atoms with E-state index in [1.54, 1.807) is 30.2 Å². The van der Waals surface area contributed by atoms with Crippen molar-refractivity contribution < 1.29 is 14.3 Å². The number of hydrogen-bond acceptors (Lipinski definition) is 4. The zero-order chi connectivity index (χ0) is 14.7. The van der Waals surface area contributed by atoms with Gasteiger partial charge in [0.2, 0.25) is 0 Å². The number of carbonyl (C=O) groups excluding carboxylic acids is 2. The van der Waals surface area contributed by atoms with E-state index in [-0.39, 0.29) is 0 Å². The molecule has 0 aromatic heterocycles. The van der Waals surface area contributed by atoms with Crippen molar-refractivity contribution in [1.82, 2.24) is 4.90 Å². The molecule has 0 radical (unpaired) electrons. The number of nitrogens with zero attached hydrogens (tertiary/aromatic N) is 2. The van der Waals surface area contributed by atoms with Gasteiger partial charge in [-0.2, -0.15) is 0 Å². The van der Waals surface area contributed by atoms with Crippen molar-refractivity contribution in [3.63, 3.8) is 0 Å². The van der Waals surface area contributed by atoms with Gasteiger partial charge in [0, 0.05) is 19.2 Å². The lowest BCUT2D eigenvalue weighted by Crippen LogP contribution is -2.38. The number of methoxy groups -OCH3 is 1. The summed E-state index contributed by atoms with van der Waals surface area (Å²) in [6.45, 7) is 7.29. The van der Waals surface area contributed by atoms with Crippen molar-refractivity contribution in [2.45, 2.75) is 13.8 Å². The first kappa shape index (κ1) is 14.5. The number of likely N-dealkylation sites (N-methyl/N-ethyl adjacent to an activating group) is 1. The maximum atomic E-state index is 12.1. The molecule has 0 saturated carbocycles. The van der Waals surface area contributed by atoms with Gasteiger partial charge in [-0.1, -0.05) is 13.8 Å². The Bertz CT molecular complexity index is 524. The fourth-order valence-corrected chi connectivity index (χ4v) is 2.40. The number of ether oxygens (including phenoxy) is 1. The highest BCUT2D eigenvalue weighted by Crippen LogP contribution is 2.32. The molecular formula is C15H20N2O3. The standard InChI is InChI=1S/C15H20N2O3/c1-4-16(5-2)8-9-17-13-10-11(20-3)6-7-12(13)14(18)15(17)19/h6-7,10H,4-5,8-9H2,1-3H3. The molecule has 5 nitrogen and oxygen atoms in total. The third-order valence-electron chi connectivity index (χ3n) is 3.71.